The maximum atomic E-state index is 14.6. The lowest BCUT2D eigenvalue weighted by molar-refractivity contribution is -0.143. The minimum atomic E-state index is -2.58. The van der Waals surface area contributed by atoms with Gasteiger partial charge in [0.05, 0.1) is 6.42 Å². The van der Waals surface area contributed by atoms with Crippen LogP contribution in [-0.4, -0.2) is 63.9 Å². The van der Waals surface area contributed by atoms with Crippen LogP contribution < -0.4 is 4.90 Å². The van der Waals surface area contributed by atoms with E-state index in [1.807, 2.05) is 36.9 Å². The molecule has 0 amide bonds. The highest BCUT2D eigenvalue weighted by Gasteiger charge is 2.51. The van der Waals surface area contributed by atoms with Crippen LogP contribution >= 0.6 is 0 Å². The minimum absolute atomic E-state index is 0.0589. The lowest BCUT2D eigenvalue weighted by atomic mass is 10.1. The predicted molar refractivity (Wildman–Crippen MR) is 192 cm³/mol. The summed E-state index contributed by atoms with van der Waals surface area (Å²) >= 11 is 0. The van der Waals surface area contributed by atoms with Crippen LogP contribution in [0, 0.1) is 0 Å². The highest BCUT2D eigenvalue weighted by Crippen LogP contribution is 2.44. The number of rotatable bonds is 19. The second-order valence-corrected chi connectivity index (χ2v) is 28.8. The van der Waals surface area contributed by atoms with Gasteiger partial charge >= 0.3 is 14.5 Å². The number of carbonyl (C=O) groups is 2. The zero-order valence-electron chi connectivity index (χ0n) is 30.7. The van der Waals surface area contributed by atoms with E-state index in [9.17, 15) is 9.59 Å². The van der Waals surface area contributed by atoms with Crippen molar-refractivity contribution < 1.29 is 27.3 Å². The van der Waals surface area contributed by atoms with E-state index < -0.39 is 31.2 Å². The van der Waals surface area contributed by atoms with Crippen LogP contribution in [0.4, 0.5) is 5.69 Å². The van der Waals surface area contributed by atoms with E-state index in [2.05, 4.69) is 88.0 Å². The molecule has 0 fully saturated rings. The van der Waals surface area contributed by atoms with Gasteiger partial charge in [0, 0.05) is 26.5 Å². The third kappa shape index (κ3) is 9.53. The molecule has 0 spiro atoms. The molecule has 1 aromatic carbocycles. The Morgan fingerprint density at radius 1 is 0.682 bits per heavy atom. The zero-order valence-corrected chi connectivity index (χ0v) is 33.7. The minimum Gasteiger partial charge on any atom is -0.518 e. The molecule has 10 heteroatoms. The van der Waals surface area contributed by atoms with Crippen molar-refractivity contribution in [3.8, 4) is 0 Å². The van der Waals surface area contributed by atoms with Gasteiger partial charge in [0.15, 0.2) is 0 Å². The first-order chi connectivity index (χ1) is 20.4. The van der Waals surface area contributed by atoms with Gasteiger partial charge in [-0.25, -0.2) is 0 Å². The van der Waals surface area contributed by atoms with Crippen molar-refractivity contribution in [3.63, 3.8) is 0 Å². The number of para-hydroxylation sites is 1. The molecular weight excluding hydrogens is 603 g/mol. The third-order valence-corrected chi connectivity index (χ3v) is 24.9. The summed E-state index contributed by atoms with van der Waals surface area (Å²) in [5.41, 5.74) is 2.29. The topological polar surface area (TPSA) is 74.3 Å². The van der Waals surface area contributed by atoms with Crippen LogP contribution in [0.5, 0.6) is 0 Å². The van der Waals surface area contributed by atoms with E-state index in [-0.39, 0.29) is 51.6 Å². The molecule has 1 rings (SSSR count). The first-order valence-electron chi connectivity index (χ1n) is 16.7. The summed E-state index contributed by atoms with van der Waals surface area (Å²) in [5.74, 6) is -0.632. The molecule has 0 radical (unpaired) electrons. The average molecular weight is 668 g/mol. The van der Waals surface area contributed by atoms with E-state index in [1.54, 1.807) is 14.2 Å². The largest absolute Gasteiger partial charge is 0.518 e. The summed E-state index contributed by atoms with van der Waals surface area (Å²) in [6.07, 6.45) is 0.679. The van der Waals surface area contributed by atoms with Crippen molar-refractivity contribution in [1.82, 2.24) is 0 Å². The lowest BCUT2D eigenvalue weighted by Crippen LogP contribution is -2.55. The summed E-state index contributed by atoms with van der Waals surface area (Å²) in [7, 11) is -4.02. The fraction of sp³-hybridized carbons (Fsp3) is 0.765. The Balaban J connectivity index is 3.72. The predicted octanol–water partition coefficient (Wildman–Crippen LogP) is 9.44. The fourth-order valence-electron chi connectivity index (χ4n) is 7.61. The van der Waals surface area contributed by atoms with Gasteiger partial charge in [-0.2, -0.15) is 0 Å². The normalized spacial score (nSPS) is 13.8. The number of carbonyl (C=O) groups excluding carboxylic acids is 2. The van der Waals surface area contributed by atoms with Gasteiger partial charge in [-0.3, -0.25) is 9.59 Å². The fourth-order valence-corrected chi connectivity index (χ4v) is 19.4. The van der Waals surface area contributed by atoms with Gasteiger partial charge in [-0.05, 0) is 64.4 Å². The molecule has 1 atom stereocenters. The van der Waals surface area contributed by atoms with E-state index in [0.717, 1.165) is 18.2 Å². The smallest absolute Gasteiger partial charge is 0.334 e. The van der Waals surface area contributed by atoms with Gasteiger partial charge in [0.1, 0.15) is 6.04 Å². The number of hydrogen-bond acceptors (Lipinski definition) is 7. The van der Waals surface area contributed by atoms with Gasteiger partial charge in [-0.1, -0.05) is 101 Å². The van der Waals surface area contributed by atoms with Crippen LogP contribution in [0.3, 0.4) is 0 Å². The monoisotopic (exact) mass is 667 g/mol. The van der Waals surface area contributed by atoms with Crippen molar-refractivity contribution >= 4 is 42.8 Å². The van der Waals surface area contributed by atoms with E-state index in [0.29, 0.717) is 6.54 Å². The lowest BCUT2D eigenvalue weighted by Gasteiger charge is -2.44. The van der Waals surface area contributed by atoms with Crippen molar-refractivity contribution in [3.05, 3.63) is 30.3 Å². The van der Waals surface area contributed by atoms with Crippen molar-refractivity contribution in [2.45, 2.75) is 148 Å². The van der Waals surface area contributed by atoms with Crippen LogP contribution in [0.25, 0.3) is 0 Å². The Bertz CT molecular complexity index is 968. The first kappa shape index (κ1) is 40.6. The zero-order chi connectivity index (χ0) is 34.0. The molecule has 7 nitrogen and oxygen atoms in total. The molecule has 0 aromatic heterocycles. The standard InChI is InChI=1S/C34H65NO6Si3/c1-25(2)43(26(3)4,27(5)6)40-33(36)24-32(34(37)41-44(28(7)8,29(9)10)30(11)12)35(31-20-17-16-18-21-31)22-19-23-42(15,38-13)39-14/h16-18,20-21,25-30,32H,19,22-24H2,1-15H3. The molecule has 1 aromatic rings. The molecule has 44 heavy (non-hydrogen) atoms. The first-order valence-corrected chi connectivity index (χ1v) is 23.5. The molecular formula is C34H65NO6Si3. The number of hydrogen-bond donors (Lipinski definition) is 0. The SMILES string of the molecule is CO[Si](C)(CCCN(c1ccccc1)C(CC(=O)O[Si](C(C)C)(C(C)C)C(C)C)C(=O)O[Si](C(C)C)(C(C)C)C(C)C)OC. The third-order valence-electron chi connectivity index (χ3n) is 9.97. The molecule has 0 aliphatic heterocycles. The highest BCUT2D eigenvalue weighted by molar-refractivity contribution is 6.79. The number of anilines is 1. The molecule has 0 bridgehead atoms. The second-order valence-electron chi connectivity index (χ2n) is 14.4. The Morgan fingerprint density at radius 2 is 1.09 bits per heavy atom. The summed E-state index contributed by atoms with van der Waals surface area (Å²) in [5, 5.41) is 0. The van der Waals surface area contributed by atoms with Crippen LogP contribution in [0.1, 0.15) is 95.9 Å². The number of nitrogens with zero attached hydrogens (tertiary/aromatic N) is 1. The maximum Gasteiger partial charge on any atom is 0.334 e. The Morgan fingerprint density at radius 3 is 1.48 bits per heavy atom. The second kappa shape index (κ2) is 17.4. The molecule has 0 aliphatic carbocycles. The summed E-state index contributed by atoms with van der Waals surface area (Å²) in [6, 6.07) is 9.84. The average Bonchev–Trinajstić information content (AvgIpc) is 2.94. The molecule has 0 aliphatic rings. The molecule has 1 unspecified atom stereocenters. The Hall–Kier alpha value is -1.47. The molecule has 0 saturated carbocycles. The van der Waals surface area contributed by atoms with Gasteiger partial charge in [0.2, 0.25) is 0 Å². The summed E-state index contributed by atoms with van der Waals surface area (Å²) in [6.45, 7) is 28.6. The Kier molecular flexibility index (Phi) is 16.1. The van der Waals surface area contributed by atoms with Crippen molar-refractivity contribution in [2.75, 3.05) is 25.7 Å². The van der Waals surface area contributed by atoms with Crippen molar-refractivity contribution in [1.29, 1.82) is 0 Å². The van der Waals surface area contributed by atoms with Gasteiger partial charge < -0.3 is 22.6 Å². The molecule has 254 valence electrons. The van der Waals surface area contributed by atoms with Crippen LogP contribution in [0.15, 0.2) is 30.3 Å². The molecule has 0 N–H and O–H groups in total. The Labute approximate surface area is 273 Å². The van der Waals surface area contributed by atoms with Crippen LogP contribution in [0.2, 0.25) is 45.8 Å². The van der Waals surface area contributed by atoms with E-state index >= 15 is 0 Å². The van der Waals surface area contributed by atoms with Gasteiger partial charge in [-0.15, -0.1) is 0 Å². The number of benzene rings is 1. The maximum absolute atomic E-state index is 14.6. The molecule has 0 heterocycles. The highest BCUT2D eigenvalue weighted by atomic mass is 28.4. The summed E-state index contributed by atoms with van der Waals surface area (Å²) in [4.78, 5) is 30.7. The van der Waals surface area contributed by atoms with Crippen molar-refractivity contribution in [2.24, 2.45) is 0 Å². The van der Waals surface area contributed by atoms with Crippen LogP contribution in [-0.2, 0) is 27.3 Å². The molecule has 0 saturated heterocycles. The van der Waals surface area contributed by atoms with E-state index in [1.165, 1.54) is 0 Å². The van der Waals surface area contributed by atoms with Gasteiger partial charge in [0.25, 0.3) is 22.6 Å². The van der Waals surface area contributed by atoms with E-state index in [4.69, 9.17) is 17.7 Å². The summed E-state index contributed by atoms with van der Waals surface area (Å²) < 4.78 is 24.9. The quantitative estimate of drug-likeness (QED) is 0.136.